The average Bonchev–Trinajstić information content (AvgIpc) is 3.36. The molecule has 2 fully saturated rings. The van der Waals surface area contributed by atoms with E-state index in [4.69, 9.17) is 0 Å². The van der Waals surface area contributed by atoms with Crippen LogP contribution in [0.2, 0.25) is 0 Å². The first-order valence-electron chi connectivity index (χ1n) is 9.96. The molecule has 0 spiro atoms. The van der Waals surface area contributed by atoms with Crippen LogP contribution in [0, 0.1) is 22.0 Å². The Hall–Kier alpha value is -2.94. The maximum atomic E-state index is 13.3. The number of benzene rings is 2. The van der Waals surface area contributed by atoms with Crippen LogP contribution >= 0.6 is 0 Å². The minimum absolute atomic E-state index is 0.0519. The summed E-state index contributed by atoms with van der Waals surface area (Å²) in [6.45, 7) is -0.386. The smallest absolute Gasteiger partial charge is 0.269 e. The quantitative estimate of drug-likeness (QED) is 0.537. The lowest BCUT2D eigenvalue weighted by Gasteiger charge is -2.27. The van der Waals surface area contributed by atoms with Gasteiger partial charge >= 0.3 is 0 Å². The van der Waals surface area contributed by atoms with Crippen LogP contribution in [0.1, 0.15) is 25.7 Å². The average molecular weight is 429 g/mol. The van der Waals surface area contributed by atoms with E-state index in [1.54, 1.807) is 18.2 Å². The number of nitro groups is 1. The number of rotatable bonds is 7. The lowest BCUT2D eigenvalue weighted by atomic mass is 9.95. The highest BCUT2D eigenvalue weighted by molar-refractivity contribution is 7.92. The van der Waals surface area contributed by atoms with Gasteiger partial charge < -0.3 is 5.32 Å². The van der Waals surface area contributed by atoms with E-state index in [2.05, 4.69) is 5.32 Å². The number of nitrogens with zero attached hydrogens (tertiary/aromatic N) is 2. The van der Waals surface area contributed by atoms with E-state index in [1.807, 2.05) is 0 Å². The standard InChI is InChI=1S/C21H23N3O5S/c25-21(22-20-13-15-6-7-16(20)12-15)14-23(17-8-10-18(11-9-17)24(26)27)30(28,29)19-4-2-1-3-5-19/h1-5,8-11,15-16,20H,6-7,12-14H2,(H,22,25)/t15-,16-,20-/m1/s1. The predicted octanol–water partition coefficient (Wildman–Crippen LogP) is 3.09. The molecule has 2 aliphatic rings. The van der Waals surface area contributed by atoms with Gasteiger partial charge in [-0.05, 0) is 55.4 Å². The summed E-state index contributed by atoms with van der Waals surface area (Å²) in [7, 11) is -4.02. The van der Waals surface area contributed by atoms with Gasteiger partial charge in [0.2, 0.25) is 5.91 Å². The van der Waals surface area contributed by atoms with E-state index < -0.39 is 14.9 Å². The van der Waals surface area contributed by atoms with Crippen LogP contribution in [0.15, 0.2) is 59.5 Å². The zero-order valence-corrected chi connectivity index (χ0v) is 17.1. The molecule has 0 radical (unpaired) electrons. The Balaban J connectivity index is 1.60. The summed E-state index contributed by atoms with van der Waals surface area (Å²) in [6.07, 6.45) is 4.37. The molecule has 8 nitrogen and oxygen atoms in total. The van der Waals surface area contributed by atoms with Crippen LogP contribution in [-0.4, -0.2) is 31.8 Å². The first-order valence-corrected chi connectivity index (χ1v) is 11.4. The molecule has 1 N–H and O–H groups in total. The lowest BCUT2D eigenvalue weighted by Crippen LogP contribution is -2.45. The topological polar surface area (TPSA) is 110 Å². The normalized spacial score (nSPS) is 22.6. The van der Waals surface area contributed by atoms with Crippen molar-refractivity contribution in [3.63, 3.8) is 0 Å². The molecule has 2 aliphatic carbocycles. The van der Waals surface area contributed by atoms with Crippen LogP contribution < -0.4 is 9.62 Å². The molecule has 1 amide bonds. The summed E-state index contributed by atoms with van der Waals surface area (Å²) < 4.78 is 27.5. The summed E-state index contributed by atoms with van der Waals surface area (Å²) in [5.74, 6) is 0.752. The van der Waals surface area contributed by atoms with Crippen LogP contribution in [0.5, 0.6) is 0 Å². The fourth-order valence-electron chi connectivity index (χ4n) is 4.58. The Labute approximate surface area is 175 Å². The Kier molecular flexibility index (Phi) is 5.46. The van der Waals surface area contributed by atoms with Gasteiger partial charge in [-0.3, -0.25) is 19.2 Å². The van der Waals surface area contributed by atoms with Gasteiger partial charge in [-0.15, -0.1) is 0 Å². The Morgan fingerprint density at radius 1 is 1.07 bits per heavy atom. The van der Waals surface area contributed by atoms with E-state index in [0.717, 1.165) is 23.6 Å². The molecule has 3 atom stereocenters. The molecular weight excluding hydrogens is 406 g/mol. The van der Waals surface area contributed by atoms with Gasteiger partial charge in [-0.1, -0.05) is 24.6 Å². The number of nitro benzene ring substituents is 1. The second kappa shape index (κ2) is 8.06. The van der Waals surface area contributed by atoms with Crippen molar-refractivity contribution in [2.75, 3.05) is 10.8 Å². The summed E-state index contributed by atoms with van der Waals surface area (Å²) in [6, 6.07) is 13.1. The molecule has 0 aliphatic heterocycles. The van der Waals surface area contributed by atoms with Crippen molar-refractivity contribution in [2.24, 2.45) is 11.8 Å². The zero-order chi connectivity index (χ0) is 21.3. The van der Waals surface area contributed by atoms with Crippen molar-refractivity contribution in [1.82, 2.24) is 5.32 Å². The molecule has 2 aromatic rings. The Morgan fingerprint density at radius 2 is 1.77 bits per heavy atom. The summed E-state index contributed by atoms with van der Waals surface area (Å²) >= 11 is 0. The molecule has 30 heavy (non-hydrogen) atoms. The number of carbonyl (C=O) groups is 1. The van der Waals surface area contributed by atoms with Crippen LogP contribution in [0.3, 0.4) is 0 Å². The maximum Gasteiger partial charge on any atom is 0.269 e. The maximum absolute atomic E-state index is 13.3. The SMILES string of the molecule is O=C(CN(c1ccc([N+](=O)[O-])cc1)S(=O)(=O)c1ccccc1)N[C@@H]1C[C@@H]2CC[C@@H]1C2. The van der Waals surface area contributed by atoms with Gasteiger partial charge in [-0.2, -0.15) is 0 Å². The second-order valence-electron chi connectivity index (χ2n) is 7.95. The van der Waals surface area contributed by atoms with E-state index in [1.165, 1.54) is 42.8 Å². The number of fused-ring (bicyclic) bond motifs is 2. The lowest BCUT2D eigenvalue weighted by molar-refractivity contribution is -0.384. The second-order valence-corrected chi connectivity index (χ2v) is 9.81. The van der Waals surface area contributed by atoms with Gasteiger partial charge in [0.15, 0.2) is 0 Å². The summed E-state index contributed by atoms with van der Waals surface area (Å²) in [5.41, 5.74) is 0.0507. The number of sulfonamides is 1. The molecule has 0 aromatic heterocycles. The number of carbonyl (C=O) groups excluding carboxylic acids is 1. The molecular formula is C21H23N3O5S. The third-order valence-corrected chi connectivity index (χ3v) is 7.84. The molecule has 9 heteroatoms. The molecule has 158 valence electrons. The fraction of sp³-hybridized carbons (Fsp3) is 0.381. The summed E-state index contributed by atoms with van der Waals surface area (Å²) in [4.78, 5) is 23.2. The number of nitrogens with one attached hydrogen (secondary N) is 1. The van der Waals surface area contributed by atoms with Crippen molar-refractivity contribution in [1.29, 1.82) is 0 Å². The van der Waals surface area contributed by atoms with E-state index in [9.17, 15) is 23.3 Å². The molecule has 2 aromatic carbocycles. The minimum Gasteiger partial charge on any atom is -0.352 e. The van der Waals surface area contributed by atoms with Crippen molar-refractivity contribution in [2.45, 2.75) is 36.6 Å². The number of non-ortho nitro benzene ring substituents is 1. The number of amides is 1. The fourth-order valence-corrected chi connectivity index (χ4v) is 6.02. The molecule has 4 rings (SSSR count). The number of anilines is 1. The highest BCUT2D eigenvalue weighted by Gasteiger charge is 2.40. The number of hydrogen-bond acceptors (Lipinski definition) is 5. The van der Waals surface area contributed by atoms with Crippen LogP contribution in [0.4, 0.5) is 11.4 Å². The largest absolute Gasteiger partial charge is 0.352 e. The van der Waals surface area contributed by atoms with Crippen molar-refractivity contribution in [3.8, 4) is 0 Å². The van der Waals surface area contributed by atoms with E-state index in [-0.39, 0.29) is 34.8 Å². The van der Waals surface area contributed by atoms with E-state index in [0.29, 0.717) is 11.8 Å². The van der Waals surface area contributed by atoms with Crippen molar-refractivity contribution < 1.29 is 18.1 Å². The monoisotopic (exact) mass is 429 g/mol. The van der Waals surface area contributed by atoms with Gasteiger partial charge in [0.05, 0.1) is 15.5 Å². The molecule has 2 saturated carbocycles. The van der Waals surface area contributed by atoms with Gasteiger partial charge in [0.1, 0.15) is 6.54 Å². The highest BCUT2D eigenvalue weighted by Crippen LogP contribution is 2.44. The Morgan fingerprint density at radius 3 is 2.33 bits per heavy atom. The Bertz CT molecular complexity index is 1040. The summed E-state index contributed by atoms with van der Waals surface area (Å²) in [5, 5.41) is 14.0. The predicted molar refractivity (Wildman–Crippen MR) is 111 cm³/mol. The van der Waals surface area contributed by atoms with Crippen LogP contribution in [-0.2, 0) is 14.8 Å². The molecule has 2 bridgehead atoms. The van der Waals surface area contributed by atoms with E-state index >= 15 is 0 Å². The van der Waals surface area contributed by atoms with Crippen molar-refractivity contribution in [3.05, 3.63) is 64.7 Å². The van der Waals surface area contributed by atoms with Gasteiger partial charge in [0, 0.05) is 18.2 Å². The third kappa shape index (κ3) is 4.02. The highest BCUT2D eigenvalue weighted by atomic mass is 32.2. The molecule has 0 heterocycles. The van der Waals surface area contributed by atoms with Gasteiger partial charge in [-0.25, -0.2) is 8.42 Å². The van der Waals surface area contributed by atoms with Crippen molar-refractivity contribution >= 4 is 27.3 Å². The first kappa shape index (κ1) is 20.3. The molecule has 0 saturated heterocycles. The zero-order valence-electron chi connectivity index (χ0n) is 16.3. The number of hydrogen-bond donors (Lipinski definition) is 1. The third-order valence-electron chi connectivity index (χ3n) is 6.05. The minimum atomic E-state index is -4.02. The van der Waals surface area contributed by atoms with Gasteiger partial charge in [0.25, 0.3) is 15.7 Å². The molecule has 0 unspecified atom stereocenters. The first-order chi connectivity index (χ1) is 14.3. The van der Waals surface area contributed by atoms with Crippen LogP contribution in [0.25, 0.3) is 0 Å².